The SMILES string of the molecule is COc1cccc(NC(=O)CSc2nnc(-c3ccc(C)cc3)c(-c3ccc(C)cc3)n2)c1. The molecule has 3 aromatic carbocycles. The molecular formula is C26H24N4O2S. The molecule has 0 atom stereocenters. The van der Waals surface area contributed by atoms with E-state index in [2.05, 4.69) is 15.5 Å². The number of thioether (sulfide) groups is 1. The number of hydrogen-bond donors (Lipinski definition) is 1. The minimum atomic E-state index is -0.156. The van der Waals surface area contributed by atoms with Gasteiger partial charge in [-0.05, 0) is 26.0 Å². The second kappa shape index (κ2) is 10.3. The molecule has 0 fully saturated rings. The molecule has 166 valence electrons. The van der Waals surface area contributed by atoms with Crippen molar-refractivity contribution in [3.8, 4) is 28.3 Å². The summed E-state index contributed by atoms with van der Waals surface area (Å²) in [5.74, 6) is 0.689. The predicted molar refractivity (Wildman–Crippen MR) is 133 cm³/mol. The highest BCUT2D eigenvalue weighted by molar-refractivity contribution is 7.99. The highest BCUT2D eigenvalue weighted by Gasteiger charge is 2.15. The molecule has 0 bridgehead atoms. The largest absolute Gasteiger partial charge is 0.497 e. The van der Waals surface area contributed by atoms with Crippen LogP contribution in [0.5, 0.6) is 5.75 Å². The molecule has 0 unspecified atom stereocenters. The third-order valence-electron chi connectivity index (χ3n) is 5.00. The summed E-state index contributed by atoms with van der Waals surface area (Å²) in [7, 11) is 1.59. The average molecular weight is 457 g/mol. The van der Waals surface area contributed by atoms with Crippen LogP contribution < -0.4 is 10.1 Å². The first-order chi connectivity index (χ1) is 16.0. The van der Waals surface area contributed by atoms with Gasteiger partial charge in [0.1, 0.15) is 17.1 Å². The zero-order valence-electron chi connectivity index (χ0n) is 18.7. The summed E-state index contributed by atoms with van der Waals surface area (Å²) in [5.41, 5.74) is 6.37. The lowest BCUT2D eigenvalue weighted by Gasteiger charge is -2.10. The fourth-order valence-electron chi connectivity index (χ4n) is 3.22. The van der Waals surface area contributed by atoms with Crippen LogP contribution in [-0.2, 0) is 4.79 Å². The summed E-state index contributed by atoms with van der Waals surface area (Å²) in [6.07, 6.45) is 0. The van der Waals surface area contributed by atoms with E-state index in [1.54, 1.807) is 13.2 Å². The molecule has 0 saturated carbocycles. The van der Waals surface area contributed by atoms with E-state index in [9.17, 15) is 4.79 Å². The molecule has 7 heteroatoms. The van der Waals surface area contributed by atoms with Crippen LogP contribution in [0.25, 0.3) is 22.5 Å². The van der Waals surface area contributed by atoms with Gasteiger partial charge in [-0.15, -0.1) is 10.2 Å². The van der Waals surface area contributed by atoms with Gasteiger partial charge >= 0.3 is 0 Å². The van der Waals surface area contributed by atoms with Crippen LogP contribution in [0.15, 0.2) is 78.0 Å². The lowest BCUT2D eigenvalue weighted by Crippen LogP contribution is -2.14. The summed E-state index contributed by atoms with van der Waals surface area (Å²) in [6, 6.07) is 23.5. The molecule has 0 saturated heterocycles. The van der Waals surface area contributed by atoms with Crippen LogP contribution in [0.2, 0.25) is 0 Å². The Morgan fingerprint density at radius 2 is 1.52 bits per heavy atom. The molecule has 1 aromatic heterocycles. The average Bonchev–Trinajstić information content (AvgIpc) is 2.84. The first-order valence-electron chi connectivity index (χ1n) is 10.5. The van der Waals surface area contributed by atoms with Crippen molar-refractivity contribution in [1.82, 2.24) is 15.2 Å². The second-order valence-electron chi connectivity index (χ2n) is 7.59. The van der Waals surface area contributed by atoms with Crippen molar-refractivity contribution in [1.29, 1.82) is 0 Å². The maximum atomic E-state index is 12.4. The number of hydrogen-bond acceptors (Lipinski definition) is 6. The topological polar surface area (TPSA) is 77.0 Å². The standard InChI is InChI=1S/C26H24N4O2S/c1-17-7-11-19(12-8-17)24-25(20-13-9-18(2)10-14-20)29-30-26(28-24)33-16-23(31)27-21-5-4-6-22(15-21)32-3/h4-15H,16H2,1-3H3,(H,27,31). The number of carbonyl (C=O) groups excluding carboxylic acids is 1. The van der Waals surface area contributed by atoms with Gasteiger partial charge in [-0.3, -0.25) is 4.79 Å². The van der Waals surface area contributed by atoms with Crippen molar-refractivity contribution in [3.63, 3.8) is 0 Å². The molecule has 0 aliphatic carbocycles. The lowest BCUT2D eigenvalue weighted by molar-refractivity contribution is -0.113. The van der Waals surface area contributed by atoms with Crippen molar-refractivity contribution in [2.75, 3.05) is 18.2 Å². The fraction of sp³-hybridized carbons (Fsp3) is 0.154. The van der Waals surface area contributed by atoms with Gasteiger partial charge in [0.05, 0.1) is 12.9 Å². The first kappa shape index (κ1) is 22.5. The Labute approximate surface area is 197 Å². The van der Waals surface area contributed by atoms with E-state index in [1.165, 1.54) is 22.9 Å². The lowest BCUT2D eigenvalue weighted by atomic mass is 10.0. The third-order valence-corrected chi connectivity index (χ3v) is 5.84. The molecule has 4 rings (SSSR count). The quantitative estimate of drug-likeness (QED) is 0.367. The van der Waals surface area contributed by atoms with E-state index in [0.717, 1.165) is 16.8 Å². The van der Waals surface area contributed by atoms with Crippen LogP contribution >= 0.6 is 11.8 Å². The number of methoxy groups -OCH3 is 1. The zero-order chi connectivity index (χ0) is 23.2. The molecule has 4 aromatic rings. The summed E-state index contributed by atoms with van der Waals surface area (Å²) in [4.78, 5) is 17.2. The molecule has 0 radical (unpaired) electrons. The van der Waals surface area contributed by atoms with E-state index >= 15 is 0 Å². The first-order valence-corrected chi connectivity index (χ1v) is 11.5. The van der Waals surface area contributed by atoms with Crippen LogP contribution in [0.3, 0.4) is 0 Å². The number of aryl methyl sites for hydroxylation is 2. The number of benzene rings is 3. The highest BCUT2D eigenvalue weighted by Crippen LogP contribution is 2.30. The van der Waals surface area contributed by atoms with Gasteiger partial charge in [0.15, 0.2) is 0 Å². The molecular weight excluding hydrogens is 432 g/mol. The number of nitrogens with one attached hydrogen (secondary N) is 1. The van der Waals surface area contributed by atoms with Crippen LogP contribution in [0.1, 0.15) is 11.1 Å². The normalized spacial score (nSPS) is 10.6. The van der Waals surface area contributed by atoms with Crippen molar-refractivity contribution >= 4 is 23.4 Å². The molecule has 1 amide bonds. The second-order valence-corrected chi connectivity index (χ2v) is 8.53. The molecule has 1 N–H and O–H groups in total. The Bertz CT molecular complexity index is 1260. The number of nitrogens with zero attached hydrogens (tertiary/aromatic N) is 3. The molecule has 33 heavy (non-hydrogen) atoms. The highest BCUT2D eigenvalue weighted by atomic mass is 32.2. The number of ether oxygens (including phenoxy) is 1. The van der Waals surface area contributed by atoms with E-state index in [1.807, 2.05) is 80.6 Å². The maximum absolute atomic E-state index is 12.4. The molecule has 0 aliphatic heterocycles. The van der Waals surface area contributed by atoms with Gasteiger partial charge in [0.2, 0.25) is 11.1 Å². The fourth-order valence-corrected chi connectivity index (χ4v) is 3.81. The zero-order valence-corrected chi connectivity index (χ0v) is 19.5. The Hall–Kier alpha value is -3.71. The minimum absolute atomic E-state index is 0.156. The predicted octanol–water partition coefficient (Wildman–Crippen LogP) is 5.56. The van der Waals surface area contributed by atoms with Gasteiger partial charge in [0, 0.05) is 22.9 Å². The summed E-state index contributed by atoms with van der Waals surface area (Å²) < 4.78 is 5.20. The number of aromatic nitrogens is 3. The number of carbonyl (C=O) groups is 1. The smallest absolute Gasteiger partial charge is 0.234 e. The van der Waals surface area contributed by atoms with Gasteiger partial charge in [-0.25, -0.2) is 4.98 Å². The number of anilines is 1. The van der Waals surface area contributed by atoms with Crippen molar-refractivity contribution in [2.24, 2.45) is 0 Å². The van der Waals surface area contributed by atoms with Gasteiger partial charge in [0.25, 0.3) is 0 Å². The molecule has 1 heterocycles. The third kappa shape index (κ3) is 5.75. The summed E-state index contributed by atoms with van der Waals surface area (Å²) in [5, 5.41) is 12.1. The van der Waals surface area contributed by atoms with Crippen molar-refractivity contribution < 1.29 is 9.53 Å². The van der Waals surface area contributed by atoms with E-state index in [0.29, 0.717) is 22.3 Å². The van der Waals surface area contributed by atoms with Crippen molar-refractivity contribution in [3.05, 3.63) is 83.9 Å². The molecule has 0 aliphatic rings. The van der Waals surface area contributed by atoms with Gasteiger partial charge in [-0.1, -0.05) is 77.5 Å². The monoisotopic (exact) mass is 456 g/mol. The van der Waals surface area contributed by atoms with E-state index in [4.69, 9.17) is 9.72 Å². The van der Waals surface area contributed by atoms with E-state index in [-0.39, 0.29) is 11.7 Å². The molecule has 0 spiro atoms. The Morgan fingerprint density at radius 1 is 0.879 bits per heavy atom. The van der Waals surface area contributed by atoms with Gasteiger partial charge in [-0.2, -0.15) is 0 Å². The maximum Gasteiger partial charge on any atom is 0.234 e. The summed E-state index contributed by atoms with van der Waals surface area (Å²) >= 11 is 1.25. The Morgan fingerprint density at radius 3 is 2.15 bits per heavy atom. The Balaban J connectivity index is 1.56. The summed E-state index contributed by atoms with van der Waals surface area (Å²) in [6.45, 7) is 4.09. The number of amides is 1. The Kier molecular flexibility index (Phi) is 7.00. The minimum Gasteiger partial charge on any atom is -0.497 e. The van der Waals surface area contributed by atoms with Crippen molar-refractivity contribution in [2.45, 2.75) is 19.0 Å². The van der Waals surface area contributed by atoms with Crippen LogP contribution in [-0.4, -0.2) is 34.0 Å². The van der Waals surface area contributed by atoms with Gasteiger partial charge < -0.3 is 10.1 Å². The van der Waals surface area contributed by atoms with Crippen LogP contribution in [0.4, 0.5) is 5.69 Å². The number of rotatable bonds is 7. The molecule has 6 nitrogen and oxygen atoms in total. The van der Waals surface area contributed by atoms with Crippen LogP contribution in [0, 0.1) is 13.8 Å². The van der Waals surface area contributed by atoms with E-state index < -0.39 is 0 Å².